The van der Waals surface area contributed by atoms with Gasteiger partial charge >= 0.3 is 0 Å². The molecule has 5 rings (SSSR count). The van der Waals surface area contributed by atoms with Crippen LogP contribution in [0.2, 0.25) is 0 Å². The third kappa shape index (κ3) is 3.51. The van der Waals surface area contributed by atoms with Crippen molar-refractivity contribution in [1.82, 2.24) is 15.3 Å². The number of fused-ring (bicyclic) bond motifs is 1. The quantitative estimate of drug-likeness (QED) is 0.876. The van der Waals surface area contributed by atoms with Crippen LogP contribution >= 0.6 is 0 Å². The number of ether oxygens (including phenoxy) is 1. The number of anilines is 1. The largest absolute Gasteiger partial charge is 0.465 e. The molecule has 28 heavy (non-hydrogen) atoms. The molecule has 4 heterocycles. The average molecular weight is 382 g/mol. The Morgan fingerprint density at radius 1 is 1.32 bits per heavy atom. The fraction of sp³-hybridized carbons (Fsp3) is 0.571. The second kappa shape index (κ2) is 7.20. The molecule has 2 aliphatic heterocycles. The van der Waals surface area contributed by atoms with E-state index in [1.165, 1.54) is 0 Å². The molecule has 1 atom stereocenters. The maximum atomic E-state index is 12.9. The van der Waals surface area contributed by atoms with Crippen molar-refractivity contribution in [3.8, 4) is 0 Å². The van der Waals surface area contributed by atoms with Crippen LogP contribution in [-0.4, -0.2) is 41.6 Å². The molecular formula is C21H26N4O3. The maximum Gasteiger partial charge on any atom is 0.255 e. The van der Waals surface area contributed by atoms with Crippen LogP contribution in [0, 0.1) is 6.92 Å². The molecule has 1 N–H and O–H groups in total. The number of hydrogen-bond donors (Lipinski definition) is 1. The molecule has 0 bridgehead atoms. The van der Waals surface area contributed by atoms with Gasteiger partial charge in [-0.1, -0.05) is 0 Å². The van der Waals surface area contributed by atoms with Gasteiger partial charge in [-0.3, -0.25) is 4.79 Å². The van der Waals surface area contributed by atoms with E-state index in [0.717, 1.165) is 80.5 Å². The van der Waals surface area contributed by atoms with Gasteiger partial charge in [0.25, 0.3) is 5.91 Å². The number of aryl methyl sites for hydroxylation is 1. The summed E-state index contributed by atoms with van der Waals surface area (Å²) in [4.78, 5) is 24.4. The molecule has 1 amide bonds. The van der Waals surface area contributed by atoms with Crippen molar-refractivity contribution in [3.05, 3.63) is 40.6 Å². The standard InChI is InChI=1S/C21H26N4O3/c1-13-9-17(19(28-13)14-4-5-14)20(26)23-16-3-2-7-25(11-16)21-22-10-15-12-27-8-6-18(15)24-21/h9-10,14,16H,2-8,11-12H2,1H3,(H,23,26)/t16-/m0/s1. The van der Waals surface area contributed by atoms with E-state index < -0.39 is 0 Å². The van der Waals surface area contributed by atoms with Gasteiger partial charge in [0.1, 0.15) is 11.5 Å². The highest BCUT2D eigenvalue weighted by Gasteiger charge is 2.33. The number of carbonyl (C=O) groups excluding carboxylic acids is 1. The molecule has 7 heteroatoms. The number of aromatic nitrogens is 2. The Morgan fingerprint density at radius 2 is 2.21 bits per heavy atom. The van der Waals surface area contributed by atoms with Crippen molar-refractivity contribution in [2.24, 2.45) is 0 Å². The highest BCUT2D eigenvalue weighted by atomic mass is 16.5. The predicted molar refractivity (Wildman–Crippen MR) is 104 cm³/mol. The number of nitrogens with zero attached hydrogens (tertiary/aromatic N) is 3. The lowest BCUT2D eigenvalue weighted by Gasteiger charge is -2.33. The zero-order chi connectivity index (χ0) is 19.1. The normalized spacial score (nSPS) is 22.0. The summed E-state index contributed by atoms with van der Waals surface area (Å²) in [5.74, 6) is 2.84. The maximum absolute atomic E-state index is 12.9. The van der Waals surface area contributed by atoms with Gasteiger partial charge in [-0.05, 0) is 38.7 Å². The van der Waals surface area contributed by atoms with Crippen LogP contribution in [-0.2, 0) is 17.8 Å². The van der Waals surface area contributed by atoms with E-state index in [0.29, 0.717) is 18.1 Å². The van der Waals surface area contributed by atoms with Crippen molar-refractivity contribution in [2.75, 3.05) is 24.6 Å². The number of amides is 1. The third-order valence-electron chi connectivity index (χ3n) is 5.80. The van der Waals surface area contributed by atoms with Gasteiger partial charge < -0.3 is 19.4 Å². The van der Waals surface area contributed by atoms with E-state index in [4.69, 9.17) is 14.1 Å². The van der Waals surface area contributed by atoms with Crippen molar-refractivity contribution in [1.29, 1.82) is 0 Å². The molecule has 0 aromatic carbocycles. The number of nitrogens with one attached hydrogen (secondary N) is 1. The summed E-state index contributed by atoms with van der Waals surface area (Å²) in [7, 11) is 0. The number of furan rings is 1. The van der Waals surface area contributed by atoms with E-state index in [1.807, 2.05) is 19.2 Å². The Kier molecular flexibility index (Phi) is 4.55. The summed E-state index contributed by atoms with van der Waals surface area (Å²) in [5, 5.41) is 3.22. The summed E-state index contributed by atoms with van der Waals surface area (Å²) in [6, 6.07) is 1.96. The Balaban J connectivity index is 1.28. The Morgan fingerprint density at radius 3 is 3.07 bits per heavy atom. The Hall–Kier alpha value is -2.41. The second-order valence-corrected chi connectivity index (χ2v) is 8.11. The molecule has 2 aromatic rings. The first kappa shape index (κ1) is 17.7. The zero-order valence-electron chi connectivity index (χ0n) is 16.2. The molecule has 0 radical (unpaired) electrons. The predicted octanol–water partition coefficient (Wildman–Crippen LogP) is 2.73. The minimum Gasteiger partial charge on any atom is -0.465 e. The van der Waals surface area contributed by atoms with Crippen molar-refractivity contribution in [3.63, 3.8) is 0 Å². The SMILES string of the molecule is Cc1cc(C(=O)N[C@H]2CCCN(c3ncc4c(n3)CCOC4)C2)c(C2CC2)o1. The lowest BCUT2D eigenvalue weighted by molar-refractivity contribution is 0.0930. The molecule has 3 aliphatic rings. The van der Waals surface area contributed by atoms with Crippen molar-refractivity contribution >= 4 is 11.9 Å². The van der Waals surface area contributed by atoms with Gasteiger partial charge in [0.15, 0.2) is 0 Å². The highest BCUT2D eigenvalue weighted by molar-refractivity contribution is 5.95. The van der Waals surface area contributed by atoms with Gasteiger partial charge in [-0.25, -0.2) is 9.97 Å². The molecule has 2 aromatic heterocycles. The average Bonchev–Trinajstić information content (AvgIpc) is 3.49. The van der Waals surface area contributed by atoms with E-state index in [9.17, 15) is 4.79 Å². The lowest BCUT2D eigenvalue weighted by Crippen LogP contribution is -2.48. The summed E-state index contributed by atoms with van der Waals surface area (Å²) >= 11 is 0. The van der Waals surface area contributed by atoms with Gasteiger partial charge in [0.05, 0.1) is 24.5 Å². The Labute approximate surface area is 164 Å². The van der Waals surface area contributed by atoms with E-state index in [1.54, 1.807) is 0 Å². The number of carbonyl (C=O) groups is 1. The highest BCUT2D eigenvalue weighted by Crippen LogP contribution is 2.42. The minimum atomic E-state index is -0.0193. The van der Waals surface area contributed by atoms with Crippen molar-refractivity contribution < 1.29 is 13.9 Å². The molecule has 2 fully saturated rings. The first-order valence-corrected chi connectivity index (χ1v) is 10.3. The van der Waals surface area contributed by atoms with Crippen molar-refractivity contribution in [2.45, 2.75) is 57.6 Å². The molecule has 0 spiro atoms. The fourth-order valence-electron chi connectivity index (χ4n) is 4.17. The van der Waals surface area contributed by atoms with Crippen LogP contribution in [0.15, 0.2) is 16.7 Å². The molecule has 1 saturated heterocycles. The smallest absolute Gasteiger partial charge is 0.255 e. The number of piperidine rings is 1. The van der Waals surface area contributed by atoms with Crippen LogP contribution in [0.25, 0.3) is 0 Å². The summed E-state index contributed by atoms with van der Waals surface area (Å²) in [6.07, 6.45) is 6.93. The summed E-state index contributed by atoms with van der Waals surface area (Å²) in [6.45, 7) is 4.87. The second-order valence-electron chi connectivity index (χ2n) is 8.11. The number of rotatable bonds is 4. The van der Waals surface area contributed by atoms with Crippen LogP contribution in [0.4, 0.5) is 5.95 Å². The first-order valence-electron chi connectivity index (χ1n) is 10.3. The molecule has 0 unspecified atom stereocenters. The monoisotopic (exact) mass is 382 g/mol. The molecular weight excluding hydrogens is 356 g/mol. The molecule has 7 nitrogen and oxygen atoms in total. The van der Waals surface area contributed by atoms with E-state index in [-0.39, 0.29) is 11.9 Å². The number of hydrogen-bond acceptors (Lipinski definition) is 6. The zero-order valence-corrected chi connectivity index (χ0v) is 16.2. The molecule has 1 saturated carbocycles. The minimum absolute atomic E-state index is 0.0193. The topological polar surface area (TPSA) is 80.5 Å². The molecule has 148 valence electrons. The van der Waals surface area contributed by atoms with Gasteiger partial charge in [-0.2, -0.15) is 0 Å². The molecule has 1 aliphatic carbocycles. The summed E-state index contributed by atoms with van der Waals surface area (Å²) < 4.78 is 11.3. The van der Waals surface area contributed by atoms with Crippen LogP contribution in [0.5, 0.6) is 0 Å². The van der Waals surface area contributed by atoms with Crippen LogP contribution in [0.1, 0.15) is 64.7 Å². The van der Waals surface area contributed by atoms with Crippen LogP contribution < -0.4 is 10.2 Å². The lowest BCUT2D eigenvalue weighted by atomic mass is 10.0. The van der Waals surface area contributed by atoms with Gasteiger partial charge in [0, 0.05) is 43.2 Å². The third-order valence-corrected chi connectivity index (χ3v) is 5.80. The first-order chi connectivity index (χ1) is 13.7. The van der Waals surface area contributed by atoms with Gasteiger partial charge in [0.2, 0.25) is 5.95 Å². The fourth-order valence-corrected chi connectivity index (χ4v) is 4.17. The summed E-state index contributed by atoms with van der Waals surface area (Å²) in [5.41, 5.74) is 2.88. The van der Waals surface area contributed by atoms with E-state index >= 15 is 0 Å². The van der Waals surface area contributed by atoms with Crippen LogP contribution in [0.3, 0.4) is 0 Å². The van der Waals surface area contributed by atoms with Gasteiger partial charge in [-0.15, -0.1) is 0 Å². The van der Waals surface area contributed by atoms with E-state index in [2.05, 4.69) is 15.2 Å². The Bertz CT molecular complexity index is 890.